The second-order valence-electron chi connectivity index (χ2n) is 11.4. The summed E-state index contributed by atoms with van der Waals surface area (Å²) in [6.45, 7) is 1.92. The third-order valence-corrected chi connectivity index (χ3v) is 8.83. The minimum absolute atomic E-state index is 0.0107. The number of carbonyl (C=O) groups is 4. The van der Waals surface area contributed by atoms with E-state index in [0.717, 1.165) is 5.56 Å². The summed E-state index contributed by atoms with van der Waals surface area (Å²) in [7, 11) is 7.21. The molecule has 5 rings (SSSR count). The molecule has 4 aliphatic rings. The number of nitrogens with zero attached hydrogens (tertiary/aromatic N) is 3. The number of hydrogen-bond acceptors (Lipinski definition) is 9. The van der Waals surface area contributed by atoms with E-state index in [2.05, 4.69) is 0 Å². The number of aliphatic hydroxyl groups excluding tert-OH is 2. The fourth-order valence-corrected chi connectivity index (χ4v) is 7.30. The van der Waals surface area contributed by atoms with Crippen molar-refractivity contribution in [3.63, 3.8) is 0 Å². The zero-order valence-electron chi connectivity index (χ0n) is 22.7. The van der Waals surface area contributed by atoms with Crippen LogP contribution in [-0.4, -0.2) is 89.3 Å². The number of carbonyl (C=O) groups excluding carboxylic acids is 4. The Balaban J connectivity index is 1.71. The number of ketones is 2. The molecule has 5 atom stereocenters. The van der Waals surface area contributed by atoms with Crippen LogP contribution in [0.5, 0.6) is 5.75 Å². The number of aliphatic hydroxyl groups is 2. The van der Waals surface area contributed by atoms with Gasteiger partial charge < -0.3 is 30.9 Å². The Labute approximate surface area is 226 Å². The van der Waals surface area contributed by atoms with Crippen LogP contribution in [0.15, 0.2) is 28.7 Å². The molecular formula is C28H34N4O7. The lowest BCUT2D eigenvalue weighted by molar-refractivity contribution is -0.127. The maximum Gasteiger partial charge on any atom is 0.255 e. The summed E-state index contributed by atoms with van der Waals surface area (Å²) in [6, 6.07) is 0.654. The van der Waals surface area contributed by atoms with Crippen molar-refractivity contribution in [2.75, 3.05) is 39.6 Å². The molecule has 11 heteroatoms. The van der Waals surface area contributed by atoms with Crippen LogP contribution in [0.2, 0.25) is 0 Å². The molecule has 0 spiro atoms. The fourth-order valence-electron chi connectivity index (χ4n) is 7.30. The number of primary amides is 1. The summed E-state index contributed by atoms with van der Waals surface area (Å²) < 4.78 is 0. The van der Waals surface area contributed by atoms with E-state index in [0.29, 0.717) is 24.2 Å². The van der Waals surface area contributed by atoms with Crippen LogP contribution >= 0.6 is 0 Å². The highest BCUT2D eigenvalue weighted by Crippen LogP contribution is 2.53. The Bertz CT molecular complexity index is 1390. The lowest BCUT2D eigenvalue weighted by Gasteiger charge is -2.47. The van der Waals surface area contributed by atoms with Crippen molar-refractivity contribution in [1.29, 1.82) is 0 Å². The molecule has 1 heterocycles. The van der Waals surface area contributed by atoms with Crippen LogP contribution in [0.4, 0.5) is 5.69 Å². The topological polar surface area (TPSA) is 165 Å². The maximum atomic E-state index is 14.0. The van der Waals surface area contributed by atoms with E-state index in [4.69, 9.17) is 5.73 Å². The lowest BCUT2D eigenvalue weighted by atomic mass is 9.60. The second-order valence-corrected chi connectivity index (χ2v) is 11.4. The smallest absolute Gasteiger partial charge is 0.255 e. The van der Waals surface area contributed by atoms with E-state index in [1.54, 1.807) is 23.9 Å². The van der Waals surface area contributed by atoms with Crippen LogP contribution in [0.1, 0.15) is 47.3 Å². The van der Waals surface area contributed by atoms with Gasteiger partial charge in [-0.3, -0.25) is 24.1 Å². The lowest BCUT2D eigenvalue weighted by Crippen LogP contribution is -2.53. The Morgan fingerprint density at radius 2 is 1.72 bits per heavy atom. The van der Waals surface area contributed by atoms with E-state index in [1.165, 1.54) is 13.0 Å². The first-order chi connectivity index (χ1) is 18.3. The van der Waals surface area contributed by atoms with Crippen molar-refractivity contribution in [3.05, 3.63) is 45.4 Å². The number of fused-ring (bicyclic) bond motifs is 5. The molecule has 0 bridgehead atoms. The Kier molecular flexibility index (Phi) is 6.34. The monoisotopic (exact) mass is 538 g/mol. The van der Waals surface area contributed by atoms with Crippen LogP contribution in [0, 0.1) is 17.8 Å². The molecule has 0 aromatic heterocycles. The SMILES string of the molecule is CC(=O)N1CCC(N(C)C)c2cc(O)c3c(c21)C[C@@H]1C[C@H]2[C@@H](C(=O)C(C(N)=O)=C(O)[C@@H]2N(C)C)C(O)=C1C3=O. The number of hydrogen-bond donors (Lipinski definition) is 4. The molecule has 1 unspecified atom stereocenters. The molecule has 0 saturated heterocycles. The normalized spacial score (nSPS) is 28.4. The van der Waals surface area contributed by atoms with E-state index in [-0.39, 0.29) is 41.7 Å². The molecule has 1 aromatic carbocycles. The standard InChI is InChI=1S/C28H34N4O7/c1-11(33)32-7-6-16(30(2)3)13-10-17(34)19-14(22(13)32)8-12-9-15-20(25(36)18(12)24(19)35)26(37)21(28(29)39)27(38)23(15)31(4)5/h10,12,15-16,20,23,34,36,38H,6-9H2,1-5H3,(H2,29,39)/t12-,15+,16?,20-,23-/m1/s1. The Morgan fingerprint density at radius 3 is 2.28 bits per heavy atom. The van der Waals surface area contributed by atoms with Crippen LogP contribution in [-0.2, 0) is 20.8 Å². The zero-order valence-corrected chi connectivity index (χ0v) is 22.7. The third kappa shape index (κ3) is 3.78. The number of allylic oxidation sites excluding steroid dienone is 2. The highest BCUT2D eigenvalue weighted by molar-refractivity contribution is 6.22. The van der Waals surface area contributed by atoms with Crippen molar-refractivity contribution >= 4 is 29.1 Å². The van der Waals surface area contributed by atoms with Gasteiger partial charge in [-0.2, -0.15) is 0 Å². The molecular weight excluding hydrogens is 504 g/mol. The molecule has 208 valence electrons. The van der Waals surface area contributed by atoms with Gasteiger partial charge in [-0.25, -0.2) is 0 Å². The number of aromatic hydroxyl groups is 1. The number of nitrogens with two attached hydrogens (primary N) is 1. The average molecular weight is 539 g/mol. The third-order valence-electron chi connectivity index (χ3n) is 8.83. The van der Waals surface area contributed by atoms with Crippen molar-refractivity contribution < 1.29 is 34.5 Å². The number of rotatable bonds is 3. The minimum atomic E-state index is -1.24. The fraction of sp³-hybridized carbons (Fsp3) is 0.500. The molecule has 0 fully saturated rings. The highest BCUT2D eigenvalue weighted by atomic mass is 16.3. The number of phenols is 1. The highest BCUT2D eigenvalue weighted by Gasteiger charge is 2.55. The van der Waals surface area contributed by atoms with Gasteiger partial charge >= 0.3 is 0 Å². The molecule has 3 aliphatic carbocycles. The number of phenolic OH excluding ortho intramolecular Hbond substituents is 1. The van der Waals surface area contributed by atoms with Gasteiger partial charge in [-0.05, 0) is 76.5 Å². The minimum Gasteiger partial charge on any atom is -0.511 e. The molecule has 0 saturated carbocycles. The Morgan fingerprint density at radius 1 is 1.05 bits per heavy atom. The number of Topliss-reactive ketones (excluding diaryl/α,β-unsaturated/α-hetero) is 2. The summed E-state index contributed by atoms with van der Waals surface area (Å²) in [4.78, 5) is 57.4. The molecule has 1 aromatic rings. The number of benzene rings is 1. The summed E-state index contributed by atoms with van der Waals surface area (Å²) in [5, 5.41) is 33.5. The Hall–Kier alpha value is -3.70. The maximum absolute atomic E-state index is 14.0. The first-order valence-electron chi connectivity index (χ1n) is 13.0. The van der Waals surface area contributed by atoms with Gasteiger partial charge in [0.15, 0.2) is 11.6 Å². The predicted molar refractivity (Wildman–Crippen MR) is 141 cm³/mol. The van der Waals surface area contributed by atoms with Crippen molar-refractivity contribution in [3.8, 4) is 5.75 Å². The predicted octanol–water partition coefficient (Wildman–Crippen LogP) is 1.37. The second kappa shape index (κ2) is 9.20. The molecule has 2 amide bonds. The molecule has 39 heavy (non-hydrogen) atoms. The van der Waals surface area contributed by atoms with Gasteiger partial charge in [-0.15, -0.1) is 0 Å². The average Bonchev–Trinajstić information content (AvgIpc) is 2.82. The molecule has 11 nitrogen and oxygen atoms in total. The first kappa shape index (κ1) is 26.9. The van der Waals surface area contributed by atoms with Crippen molar-refractivity contribution in [1.82, 2.24) is 9.80 Å². The summed E-state index contributed by atoms with van der Waals surface area (Å²) in [5.74, 6) is -6.27. The molecule has 5 N–H and O–H groups in total. The van der Waals surface area contributed by atoms with E-state index < -0.39 is 58.4 Å². The summed E-state index contributed by atoms with van der Waals surface area (Å²) in [6.07, 6.45) is 1.15. The van der Waals surface area contributed by atoms with Crippen molar-refractivity contribution in [2.45, 2.75) is 38.3 Å². The molecule has 1 aliphatic heterocycles. The summed E-state index contributed by atoms with van der Waals surface area (Å²) >= 11 is 0. The van der Waals surface area contributed by atoms with Gasteiger partial charge in [0.25, 0.3) is 5.91 Å². The van der Waals surface area contributed by atoms with Crippen LogP contribution in [0.25, 0.3) is 0 Å². The van der Waals surface area contributed by atoms with Crippen molar-refractivity contribution in [2.24, 2.45) is 23.5 Å². The quantitative estimate of drug-likeness (QED) is 0.416. The largest absolute Gasteiger partial charge is 0.511 e. The number of amides is 2. The first-order valence-corrected chi connectivity index (χ1v) is 13.0. The van der Waals surface area contributed by atoms with Gasteiger partial charge in [0.05, 0.1) is 23.2 Å². The number of anilines is 1. The molecule has 0 radical (unpaired) electrons. The van der Waals surface area contributed by atoms with Gasteiger partial charge in [0, 0.05) is 25.1 Å². The van der Waals surface area contributed by atoms with E-state index in [9.17, 15) is 34.5 Å². The van der Waals surface area contributed by atoms with Crippen LogP contribution in [0.3, 0.4) is 0 Å². The van der Waals surface area contributed by atoms with E-state index in [1.807, 2.05) is 19.0 Å². The zero-order chi connectivity index (χ0) is 28.7. The van der Waals surface area contributed by atoms with Gasteiger partial charge in [-0.1, -0.05) is 0 Å². The van der Waals surface area contributed by atoms with E-state index >= 15 is 0 Å². The van der Waals surface area contributed by atoms with Crippen LogP contribution < -0.4 is 10.6 Å². The summed E-state index contributed by atoms with van der Waals surface area (Å²) in [5.41, 5.74) is 6.78. The van der Waals surface area contributed by atoms with Gasteiger partial charge in [0.1, 0.15) is 22.8 Å². The number of likely N-dealkylation sites (N-methyl/N-ethyl adjacent to an activating group) is 1. The van der Waals surface area contributed by atoms with Gasteiger partial charge in [0.2, 0.25) is 5.91 Å².